The number of nitrogens with one attached hydrogen (secondary N) is 1. The number of benzene rings is 2. The van der Waals surface area contributed by atoms with E-state index < -0.39 is 4.92 Å². The molecule has 7 heteroatoms. The number of nitro benzene ring substituents is 1. The number of non-ortho nitro benzene ring substituents is 1. The predicted molar refractivity (Wildman–Crippen MR) is 91.1 cm³/mol. The summed E-state index contributed by atoms with van der Waals surface area (Å²) in [6.07, 6.45) is 1.89. The van der Waals surface area contributed by atoms with Gasteiger partial charge in [0.05, 0.1) is 10.6 Å². The minimum Gasteiger partial charge on any atom is -0.324 e. The molecule has 1 amide bonds. The van der Waals surface area contributed by atoms with Crippen molar-refractivity contribution in [3.63, 3.8) is 0 Å². The molecule has 2 aromatic carbocycles. The van der Waals surface area contributed by atoms with Crippen molar-refractivity contribution in [2.24, 2.45) is 0 Å². The maximum Gasteiger partial charge on any atom is 0.269 e. The first kappa shape index (κ1) is 15.1. The monoisotopic (exact) mass is 378 g/mol. The van der Waals surface area contributed by atoms with Gasteiger partial charge < -0.3 is 5.32 Å². The lowest BCUT2D eigenvalue weighted by molar-refractivity contribution is -0.384. The SMILES string of the molecule is CSC1C(=O)Nc2c(-c3ccc([N+](=O)[O-])cc3)cc(Br)cc21. The normalized spacial score (nSPS) is 16.3. The summed E-state index contributed by atoms with van der Waals surface area (Å²) in [5.74, 6) is -0.0382. The molecule has 0 bridgehead atoms. The molecule has 0 radical (unpaired) electrons. The summed E-state index contributed by atoms with van der Waals surface area (Å²) in [7, 11) is 0. The summed E-state index contributed by atoms with van der Waals surface area (Å²) in [5.41, 5.74) is 3.43. The van der Waals surface area contributed by atoms with Crippen LogP contribution in [0.5, 0.6) is 0 Å². The van der Waals surface area contributed by atoms with E-state index in [9.17, 15) is 14.9 Å². The molecule has 1 aliphatic heterocycles. The van der Waals surface area contributed by atoms with E-state index in [0.29, 0.717) is 0 Å². The molecule has 1 heterocycles. The minimum absolute atomic E-state index is 0.0382. The highest BCUT2D eigenvalue weighted by Crippen LogP contribution is 2.45. The van der Waals surface area contributed by atoms with Gasteiger partial charge in [0.1, 0.15) is 5.25 Å². The van der Waals surface area contributed by atoms with Crippen molar-refractivity contribution in [3.8, 4) is 11.1 Å². The molecular formula is C15H11BrN2O3S. The van der Waals surface area contributed by atoms with Crippen molar-refractivity contribution in [1.82, 2.24) is 0 Å². The molecule has 0 aliphatic carbocycles. The van der Waals surface area contributed by atoms with Crippen molar-refractivity contribution in [2.75, 3.05) is 11.6 Å². The van der Waals surface area contributed by atoms with E-state index >= 15 is 0 Å². The number of halogens is 1. The maximum absolute atomic E-state index is 12.1. The molecule has 22 heavy (non-hydrogen) atoms. The number of hydrogen-bond acceptors (Lipinski definition) is 4. The second-order valence-corrected chi connectivity index (χ2v) is 6.69. The largest absolute Gasteiger partial charge is 0.324 e. The number of rotatable bonds is 3. The van der Waals surface area contributed by atoms with Gasteiger partial charge in [-0.25, -0.2) is 0 Å². The first-order chi connectivity index (χ1) is 10.5. The number of amides is 1. The van der Waals surface area contributed by atoms with E-state index in [-0.39, 0.29) is 16.8 Å². The second-order valence-electron chi connectivity index (χ2n) is 4.83. The first-order valence-corrected chi connectivity index (χ1v) is 8.51. The standard InChI is InChI=1S/C15H11BrN2O3S/c1-22-14-12-7-9(16)6-11(13(12)17-15(14)19)8-2-4-10(5-3-8)18(20)21/h2-7,14H,1H3,(H,17,19). The molecule has 0 spiro atoms. The molecule has 3 rings (SSSR count). The van der Waals surface area contributed by atoms with E-state index in [1.54, 1.807) is 12.1 Å². The lowest BCUT2D eigenvalue weighted by Crippen LogP contribution is -2.08. The highest BCUT2D eigenvalue weighted by atomic mass is 79.9. The second kappa shape index (κ2) is 5.73. The summed E-state index contributed by atoms with van der Waals surface area (Å²) in [6.45, 7) is 0. The number of thioether (sulfide) groups is 1. The molecule has 2 aromatic rings. The summed E-state index contributed by atoms with van der Waals surface area (Å²) in [4.78, 5) is 22.4. The maximum atomic E-state index is 12.1. The van der Waals surface area contributed by atoms with Crippen molar-refractivity contribution in [2.45, 2.75) is 5.25 Å². The Morgan fingerprint density at radius 1 is 1.27 bits per heavy atom. The molecule has 1 N–H and O–H groups in total. The zero-order chi connectivity index (χ0) is 15.9. The number of anilines is 1. The Balaban J connectivity index is 2.13. The van der Waals surface area contributed by atoms with Crippen molar-refractivity contribution < 1.29 is 9.72 Å². The molecule has 5 nitrogen and oxygen atoms in total. The Hall–Kier alpha value is -1.86. The average molecular weight is 379 g/mol. The van der Waals surface area contributed by atoms with Crippen LogP contribution in [-0.4, -0.2) is 17.1 Å². The molecular weight excluding hydrogens is 368 g/mol. The van der Waals surface area contributed by atoms with Crippen LogP contribution in [0.15, 0.2) is 40.9 Å². The third-order valence-corrected chi connectivity index (χ3v) is 4.92. The van der Waals surface area contributed by atoms with E-state index in [2.05, 4.69) is 21.2 Å². The number of nitro groups is 1. The Kier molecular flexibility index (Phi) is 3.92. The van der Waals surface area contributed by atoms with Crippen LogP contribution in [0.1, 0.15) is 10.8 Å². The van der Waals surface area contributed by atoms with Gasteiger partial charge in [0, 0.05) is 22.2 Å². The molecule has 1 aliphatic rings. The van der Waals surface area contributed by atoms with Crippen LogP contribution >= 0.6 is 27.7 Å². The van der Waals surface area contributed by atoms with Crippen molar-refractivity contribution in [1.29, 1.82) is 0 Å². The third kappa shape index (κ3) is 2.50. The summed E-state index contributed by atoms with van der Waals surface area (Å²) >= 11 is 4.95. The van der Waals surface area contributed by atoms with Gasteiger partial charge in [-0.2, -0.15) is 0 Å². The Labute approximate surface area is 139 Å². The molecule has 1 atom stereocenters. The smallest absolute Gasteiger partial charge is 0.269 e. The summed E-state index contributed by atoms with van der Waals surface area (Å²) in [6, 6.07) is 10.2. The van der Waals surface area contributed by atoms with E-state index in [1.807, 2.05) is 18.4 Å². The van der Waals surface area contributed by atoms with Crippen molar-refractivity contribution >= 4 is 45.0 Å². The lowest BCUT2D eigenvalue weighted by atomic mass is 10.0. The van der Waals surface area contributed by atoms with E-state index in [0.717, 1.165) is 26.9 Å². The fraction of sp³-hybridized carbons (Fsp3) is 0.133. The lowest BCUT2D eigenvalue weighted by Gasteiger charge is -2.10. The Bertz CT molecular complexity index is 777. The molecule has 0 fully saturated rings. The fourth-order valence-corrected chi connectivity index (χ4v) is 3.72. The highest BCUT2D eigenvalue weighted by molar-refractivity contribution is 9.10. The Morgan fingerprint density at radius 2 is 1.95 bits per heavy atom. The average Bonchev–Trinajstić information content (AvgIpc) is 2.81. The summed E-state index contributed by atoms with van der Waals surface area (Å²) in [5, 5.41) is 13.4. The quantitative estimate of drug-likeness (QED) is 0.635. The van der Waals surface area contributed by atoms with Crippen LogP contribution in [-0.2, 0) is 4.79 Å². The number of fused-ring (bicyclic) bond motifs is 1. The van der Waals surface area contributed by atoms with Crippen LogP contribution in [0, 0.1) is 10.1 Å². The van der Waals surface area contributed by atoms with Crippen LogP contribution in [0.2, 0.25) is 0 Å². The number of hydrogen-bond donors (Lipinski definition) is 1. The van der Waals surface area contributed by atoms with Gasteiger partial charge in [-0.15, -0.1) is 11.8 Å². The Morgan fingerprint density at radius 3 is 2.55 bits per heavy atom. The van der Waals surface area contributed by atoms with Crippen molar-refractivity contribution in [3.05, 3.63) is 56.5 Å². The van der Waals surface area contributed by atoms with Crippen LogP contribution in [0.25, 0.3) is 11.1 Å². The number of carbonyl (C=O) groups excluding carboxylic acids is 1. The van der Waals surface area contributed by atoms with E-state index in [4.69, 9.17) is 0 Å². The van der Waals surface area contributed by atoms with Gasteiger partial charge in [-0.05, 0) is 41.6 Å². The summed E-state index contributed by atoms with van der Waals surface area (Å²) < 4.78 is 0.871. The van der Waals surface area contributed by atoms with E-state index in [1.165, 1.54) is 23.9 Å². The molecule has 112 valence electrons. The van der Waals surface area contributed by atoms with Crippen LogP contribution in [0.3, 0.4) is 0 Å². The zero-order valence-electron chi connectivity index (χ0n) is 11.5. The fourth-order valence-electron chi connectivity index (χ4n) is 2.53. The molecule has 0 saturated heterocycles. The van der Waals surface area contributed by atoms with Crippen LogP contribution < -0.4 is 5.32 Å². The topological polar surface area (TPSA) is 72.2 Å². The number of carbonyl (C=O) groups is 1. The van der Waals surface area contributed by atoms with Gasteiger partial charge >= 0.3 is 0 Å². The van der Waals surface area contributed by atoms with Crippen LogP contribution in [0.4, 0.5) is 11.4 Å². The first-order valence-electron chi connectivity index (χ1n) is 6.43. The van der Waals surface area contributed by atoms with Gasteiger partial charge in [0.15, 0.2) is 0 Å². The molecule has 0 aromatic heterocycles. The zero-order valence-corrected chi connectivity index (χ0v) is 13.9. The van der Waals surface area contributed by atoms with Gasteiger partial charge in [0.2, 0.25) is 5.91 Å². The number of nitrogens with zero attached hydrogens (tertiary/aromatic N) is 1. The predicted octanol–water partition coefficient (Wildman–Crippen LogP) is 4.38. The van der Waals surface area contributed by atoms with Gasteiger partial charge in [-0.1, -0.05) is 15.9 Å². The molecule has 1 unspecified atom stereocenters. The van der Waals surface area contributed by atoms with Gasteiger partial charge in [0.25, 0.3) is 5.69 Å². The highest BCUT2D eigenvalue weighted by Gasteiger charge is 2.32. The molecule has 0 saturated carbocycles. The van der Waals surface area contributed by atoms with Gasteiger partial charge in [-0.3, -0.25) is 14.9 Å². The minimum atomic E-state index is -0.430. The third-order valence-electron chi connectivity index (χ3n) is 3.53.